The van der Waals surface area contributed by atoms with E-state index in [9.17, 15) is 38.4 Å². The van der Waals surface area contributed by atoms with Crippen LogP contribution in [0, 0.1) is 0 Å². The number of carbonyl (C=O) groups is 8. The monoisotopic (exact) mass is 672 g/mol. The highest BCUT2D eigenvalue weighted by Crippen LogP contribution is 1.95. The normalized spacial score (nSPS) is 10.9. The van der Waals surface area contributed by atoms with Gasteiger partial charge in [0.25, 0.3) is 0 Å². The fourth-order valence-corrected chi connectivity index (χ4v) is 3.38. The van der Waals surface area contributed by atoms with Crippen LogP contribution in [-0.4, -0.2) is 213 Å². The van der Waals surface area contributed by atoms with Crippen LogP contribution in [0.4, 0.5) is 0 Å². The van der Waals surface area contributed by atoms with Gasteiger partial charge in [-0.05, 0) is 0 Å². The quantitative estimate of drug-likeness (QED) is 0.0366. The van der Waals surface area contributed by atoms with Gasteiger partial charge in [0.15, 0.2) is 0 Å². The molecule has 0 radical (unpaired) electrons. The molecule has 0 rings (SSSR count). The topological polar surface area (TPSA) is 330 Å². The molecule has 8 N–H and O–H groups in total. The molecule has 46 heavy (non-hydrogen) atoms. The van der Waals surface area contributed by atoms with Crippen molar-refractivity contribution in [1.29, 1.82) is 0 Å². The number of aliphatic carboxylic acids is 8. The Balaban J connectivity index is 0. The molecule has 0 fully saturated rings. The molecule has 0 amide bonds. The molecule has 0 bridgehead atoms. The minimum Gasteiger partial charge on any atom is -0.480 e. The number of nitrogens with zero attached hydrogens (tertiary/aromatic N) is 4. The lowest BCUT2D eigenvalue weighted by atomic mass is 10.4. The van der Waals surface area contributed by atoms with Crippen LogP contribution in [0.15, 0.2) is 0 Å². The second kappa shape index (κ2) is 25.8. The van der Waals surface area contributed by atoms with Gasteiger partial charge in [0.1, 0.15) is 0 Å². The Kier molecular flexibility index (Phi) is 24.5. The van der Waals surface area contributed by atoms with Crippen LogP contribution in [0.5, 0.6) is 0 Å². The van der Waals surface area contributed by atoms with E-state index in [2.05, 4.69) is 0 Å². The van der Waals surface area contributed by atoms with Crippen LogP contribution >= 0.6 is 0 Å². The van der Waals surface area contributed by atoms with Crippen molar-refractivity contribution in [2.24, 2.45) is 0 Å². The molecule has 0 aliphatic rings. The Bertz CT molecular complexity index is 868. The molecule has 0 atom stereocenters. The van der Waals surface area contributed by atoms with Gasteiger partial charge in [-0.2, -0.15) is 0 Å². The lowest BCUT2D eigenvalue weighted by Crippen LogP contribution is -2.43. The van der Waals surface area contributed by atoms with Crippen LogP contribution < -0.4 is 0 Å². The Hall–Kier alpha value is -4.48. The Morgan fingerprint density at radius 2 is 0.478 bits per heavy atom. The van der Waals surface area contributed by atoms with Crippen molar-refractivity contribution >= 4 is 47.8 Å². The summed E-state index contributed by atoms with van der Waals surface area (Å²) in [5.74, 6) is -9.46. The second-order valence-electron chi connectivity index (χ2n) is 9.22. The summed E-state index contributed by atoms with van der Waals surface area (Å²) in [5, 5.41) is 69.2. The highest BCUT2D eigenvalue weighted by Gasteiger charge is 2.18. The number of carboxylic acid groups (broad SMARTS) is 8. The summed E-state index contributed by atoms with van der Waals surface area (Å²) in [6, 6.07) is 0. The molecule has 22 heteroatoms. The molecule has 0 saturated heterocycles. The number of carboxylic acids is 8. The highest BCUT2D eigenvalue weighted by molar-refractivity contribution is 5.74. The average Bonchev–Trinajstić information content (AvgIpc) is 2.86. The van der Waals surface area contributed by atoms with E-state index in [1.54, 1.807) is 0 Å². The van der Waals surface area contributed by atoms with Gasteiger partial charge in [-0.1, -0.05) is 0 Å². The van der Waals surface area contributed by atoms with Crippen LogP contribution in [-0.2, 0) is 47.8 Å². The summed E-state index contributed by atoms with van der Waals surface area (Å²) in [7, 11) is 0. The van der Waals surface area contributed by atoms with Gasteiger partial charge in [-0.25, -0.2) is 0 Å². The van der Waals surface area contributed by atoms with E-state index >= 15 is 0 Å². The van der Waals surface area contributed by atoms with Crippen molar-refractivity contribution < 1.29 is 88.7 Å². The molecule has 0 aromatic carbocycles. The predicted molar refractivity (Wildman–Crippen MR) is 148 cm³/mol. The first-order valence-electron chi connectivity index (χ1n) is 13.2. The molecule has 0 aromatic rings. The zero-order chi connectivity index (χ0) is 35.7. The zero-order valence-corrected chi connectivity index (χ0v) is 24.8. The van der Waals surface area contributed by atoms with Crippen molar-refractivity contribution in [2.75, 3.05) is 105 Å². The summed E-state index contributed by atoms with van der Waals surface area (Å²) in [6.45, 7) is -3.04. The third-order valence-corrected chi connectivity index (χ3v) is 5.08. The fraction of sp³-hybridized carbons (Fsp3) is 0.667. The minimum absolute atomic E-state index is 0.0703. The van der Waals surface area contributed by atoms with E-state index in [1.165, 1.54) is 9.80 Å². The molecule has 22 nitrogen and oxygen atoms in total. The first-order valence-corrected chi connectivity index (χ1v) is 13.2. The van der Waals surface area contributed by atoms with Gasteiger partial charge >= 0.3 is 47.8 Å². The Morgan fingerprint density at radius 3 is 0.652 bits per heavy atom. The van der Waals surface area contributed by atoms with E-state index in [0.717, 1.165) is 9.80 Å². The maximum absolute atomic E-state index is 10.6. The van der Waals surface area contributed by atoms with Crippen molar-refractivity contribution in [2.45, 2.75) is 0 Å². The molecule has 0 aliphatic heterocycles. The molecule has 0 spiro atoms. The minimum atomic E-state index is -1.23. The van der Waals surface area contributed by atoms with Gasteiger partial charge < -0.3 is 50.3 Å². The molecule has 264 valence electrons. The predicted octanol–water partition coefficient (Wildman–Crippen LogP) is -4.11. The third kappa shape index (κ3) is 31.0. The maximum atomic E-state index is 10.6. The Labute approximate surface area is 261 Å². The first kappa shape index (κ1) is 43.6. The van der Waals surface area contributed by atoms with E-state index < -0.39 is 100 Å². The molecular weight excluding hydrogens is 632 g/mol. The van der Waals surface area contributed by atoms with Crippen molar-refractivity contribution in [3.8, 4) is 0 Å². The molecule has 0 aromatic heterocycles. The van der Waals surface area contributed by atoms with Gasteiger partial charge in [-0.3, -0.25) is 58.0 Å². The van der Waals surface area contributed by atoms with Crippen molar-refractivity contribution in [3.63, 3.8) is 0 Å². The summed E-state index contributed by atoms with van der Waals surface area (Å²) in [4.78, 5) is 89.2. The van der Waals surface area contributed by atoms with E-state index in [-0.39, 0.29) is 52.6 Å². The van der Waals surface area contributed by atoms with Gasteiger partial charge in [0, 0.05) is 26.2 Å². The van der Waals surface area contributed by atoms with E-state index in [1.807, 2.05) is 0 Å². The van der Waals surface area contributed by atoms with Crippen LogP contribution in [0.1, 0.15) is 0 Å². The van der Waals surface area contributed by atoms with Gasteiger partial charge in [-0.15, -0.1) is 0 Å². The largest absolute Gasteiger partial charge is 0.480 e. The maximum Gasteiger partial charge on any atom is 0.317 e. The van der Waals surface area contributed by atoms with Crippen LogP contribution in [0.25, 0.3) is 0 Å². The lowest BCUT2D eigenvalue weighted by Gasteiger charge is -2.23. The summed E-state index contributed by atoms with van der Waals surface area (Å²) in [5.41, 5.74) is 0. The number of hydrogen-bond donors (Lipinski definition) is 8. The number of ether oxygens (including phenoxy) is 2. The van der Waals surface area contributed by atoms with Crippen molar-refractivity contribution in [3.05, 3.63) is 0 Å². The standard InChI is InChI=1S/C14H24N2O10.C10H16N2O8/c17-11(18)7-15(8-12(19)20)1-3-25-5-6-26-4-2-16(9-13(21)22)10-14(23)24;13-7(14)3-11(4-8(15)16)1-2-12(5-9(17)18)6-10(19)20/h1-10H2,(H,17,18)(H,19,20)(H,21,22)(H,23,24);1-6H2,(H,13,14)(H,15,16)(H,17,18)(H,19,20). The lowest BCUT2D eigenvalue weighted by molar-refractivity contribution is -0.145. The molecular formula is C24H40N4O18. The Morgan fingerprint density at radius 1 is 0.304 bits per heavy atom. The van der Waals surface area contributed by atoms with Crippen LogP contribution in [0.2, 0.25) is 0 Å². The van der Waals surface area contributed by atoms with Crippen LogP contribution in [0.3, 0.4) is 0 Å². The summed E-state index contributed by atoms with van der Waals surface area (Å²) >= 11 is 0. The van der Waals surface area contributed by atoms with Gasteiger partial charge in [0.2, 0.25) is 0 Å². The third-order valence-electron chi connectivity index (χ3n) is 5.08. The SMILES string of the molecule is O=C(O)CN(CCN(CC(=O)O)CC(=O)O)CC(=O)O.O=C(O)CN(CCOCCOCCN(CC(=O)O)CC(=O)O)CC(=O)O. The summed E-state index contributed by atoms with van der Waals surface area (Å²) in [6.07, 6.45) is 0. The molecule has 0 aliphatic carbocycles. The van der Waals surface area contributed by atoms with Crippen molar-refractivity contribution in [1.82, 2.24) is 19.6 Å². The fourth-order valence-electron chi connectivity index (χ4n) is 3.38. The number of hydrogen-bond acceptors (Lipinski definition) is 14. The molecule has 0 saturated carbocycles. The summed E-state index contributed by atoms with van der Waals surface area (Å²) < 4.78 is 10.4. The van der Waals surface area contributed by atoms with E-state index in [4.69, 9.17) is 50.3 Å². The average molecular weight is 673 g/mol. The molecule has 0 unspecified atom stereocenters. The van der Waals surface area contributed by atoms with Gasteiger partial charge in [0.05, 0.1) is 78.8 Å². The number of rotatable bonds is 28. The highest BCUT2D eigenvalue weighted by atomic mass is 16.5. The second-order valence-corrected chi connectivity index (χ2v) is 9.22. The zero-order valence-electron chi connectivity index (χ0n) is 24.8. The molecule has 0 heterocycles. The smallest absolute Gasteiger partial charge is 0.317 e. The first-order chi connectivity index (χ1) is 21.4. The van der Waals surface area contributed by atoms with E-state index in [0.29, 0.717) is 0 Å².